The first-order chi connectivity index (χ1) is 16.5. The van der Waals surface area contributed by atoms with Crippen molar-refractivity contribution in [3.63, 3.8) is 0 Å². The van der Waals surface area contributed by atoms with Crippen LogP contribution in [0.1, 0.15) is 52.8 Å². The van der Waals surface area contributed by atoms with E-state index < -0.39 is 0 Å². The number of benzene rings is 2. The van der Waals surface area contributed by atoms with Gasteiger partial charge in [0.2, 0.25) is 0 Å². The maximum Gasteiger partial charge on any atom is 0.255 e. The summed E-state index contributed by atoms with van der Waals surface area (Å²) in [6.07, 6.45) is 5.33. The summed E-state index contributed by atoms with van der Waals surface area (Å²) in [5, 5.41) is 6.35. The van der Waals surface area contributed by atoms with E-state index in [0.717, 1.165) is 51.7 Å². The van der Waals surface area contributed by atoms with Gasteiger partial charge < -0.3 is 26.0 Å². The number of hydrogen-bond acceptors (Lipinski definition) is 5. The molecule has 1 aliphatic rings. The van der Waals surface area contributed by atoms with Gasteiger partial charge in [-0.25, -0.2) is 0 Å². The van der Waals surface area contributed by atoms with Crippen molar-refractivity contribution in [1.29, 1.82) is 0 Å². The van der Waals surface area contributed by atoms with Gasteiger partial charge in [0.25, 0.3) is 11.8 Å². The third kappa shape index (κ3) is 7.64. The number of unbranched alkanes of at least 4 members (excludes halogenated alkanes) is 2. The van der Waals surface area contributed by atoms with Gasteiger partial charge >= 0.3 is 0 Å². The quantitative estimate of drug-likeness (QED) is 0.330. The Balaban J connectivity index is 1.27. The fourth-order valence-electron chi connectivity index (χ4n) is 4.19. The minimum atomic E-state index is -0.194. The Morgan fingerprint density at radius 1 is 1.06 bits per heavy atom. The van der Waals surface area contributed by atoms with E-state index in [1.54, 1.807) is 12.1 Å². The highest BCUT2D eigenvalue weighted by Gasteiger charge is 2.21. The Labute approximate surface area is 207 Å². The predicted octanol–water partition coefficient (Wildman–Crippen LogP) is 3.97. The molecule has 1 saturated heterocycles. The van der Waals surface area contributed by atoms with E-state index >= 15 is 0 Å². The molecule has 34 heavy (non-hydrogen) atoms. The van der Waals surface area contributed by atoms with Gasteiger partial charge in [0, 0.05) is 24.7 Å². The molecule has 0 atom stereocenters. The number of ether oxygens (including phenoxy) is 1. The van der Waals surface area contributed by atoms with Crippen molar-refractivity contribution in [3.8, 4) is 5.75 Å². The summed E-state index contributed by atoms with van der Waals surface area (Å²) < 4.78 is 5.28. The van der Waals surface area contributed by atoms with Gasteiger partial charge in [-0.05, 0) is 69.4 Å². The number of nitrogens with two attached hydrogens (primary N) is 1. The molecule has 2 aromatic carbocycles. The number of amides is 2. The van der Waals surface area contributed by atoms with Crippen molar-refractivity contribution in [1.82, 2.24) is 15.5 Å². The standard InChI is InChI=1S/C26H35ClN4O3/c1-34-24-17-23(28)22(27)16-21(24)26(33)30-18-19-10-14-31(15-11-19)13-7-3-6-12-29-25(32)20-8-4-2-5-9-20/h2,4-5,8-9,16-17,19H,3,6-7,10-15,18,28H2,1H3,(H,29,32)(H,30,33). The topological polar surface area (TPSA) is 96.7 Å². The number of likely N-dealkylation sites (tertiary alicyclic amines) is 1. The number of methoxy groups -OCH3 is 1. The highest BCUT2D eigenvalue weighted by molar-refractivity contribution is 6.33. The minimum Gasteiger partial charge on any atom is -0.496 e. The first-order valence-corrected chi connectivity index (χ1v) is 12.3. The lowest BCUT2D eigenvalue weighted by Gasteiger charge is -2.32. The van der Waals surface area contributed by atoms with Crippen LogP contribution >= 0.6 is 11.6 Å². The number of nitrogen functional groups attached to an aromatic ring is 1. The molecular formula is C26H35ClN4O3. The SMILES string of the molecule is COc1cc(N)c(Cl)cc1C(=O)NCC1CCN(CCCCCNC(=O)c2ccccc2)CC1. The van der Waals surface area contributed by atoms with Crippen molar-refractivity contribution in [3.05, 3.63) is 58.6 Å². The van der Waals surface area contributed by atoms with Crippen LogP contribution in [-0.2, 0) is 0 Å². The zero-order valence-corrected chi connectivity index (χ0v) is 20.6. The van der Waals surface area contributed by atoms with Crippen molar-refractivity contribution in [2.75, 3.05) is 45.6 Å². The maximum absolute atomic E-state index is 12.6. The average Bonchev–Trinajstić information content (AvgIpc) is 2.87. The average molecular weight is 487 g/mol. The number of carbonyl (C=O) groups excluding carboxylic acids is 2. The Bertz CT molecular complexity index is 947. The molecule has 2 aromatic rings. The molecule has 0 spiro atoms. The molecule has 4 N–H and O–H groups in total. The third-order valence-corrected chi connectivity index (χ3v) is 6.62. The summed E-state index contributed by atoms with van der Waals surface area (Å²) in [6, 6.07) is 12.4. The summed E-state index contributed by atoms with van der Waals surface area (Å²) in [6.45, 7) is 4.51. The summed E-state index contributed by atoms with van der Waals surface area (Å²) in [4.78, 5) is 27.1. The van der Waals surface area contributed by atoms with Crippen LogP contribution in [-0.4, -0.2) is 56.5 Å². The smallest absolute Gasteiger partial charge is 0.255 e. The molecule has 0 radical (unpaired) electrons. The second kappa shape index (κ2) is 13.2. The molecule has 0 bridgehead atoms. The summed E-state index contributed by atoms with van der Waals surface area (Å²) in [5.74, 6) is 0.686. The number of anilines is 1. The van der Waals surface area contributed by atoms with E-state index in [-0.39, 0.29) is 11.8 Å². The monoisotopic (exact) mass is 486 g/mol. The van der Waals surface area contributed by atoms with E-state index in [9.17, 15) is 9.59 Å². The lowest BCUT2D eigenvalue weighted by Crippen LogP contribution is -2.39. The number of piperidine rings is 1. The molecule has 3 rings (SSSR count). The van der Waals surface area contributed by atoms with E-state index in [1.807, 2.05) is 30.3 Å². The zero-order valence-electron chi connectivity index (χ0n) is 19.8. The Morgan fingerprint density at radius 3 is 2.50 bits per heavy atom. The maximum atomic E-state index is 12.6. The number of hydrogen-bond donors (Lipinski definition) is 3. The third-order valence-electron chi connectivity index (χ3n) is 6.29. The van der Waals surface area contributed by atoms with Gasteiger partial charge in [-0.3, -0.25) is 9.59 Å². The van der Waals surface area contributed by atoms with Crippen LogP contribution < -0.4 is 21.1 Å². The summed E-state index contributed by atoms with van der Waals surface area (Å²) in [7, 11) is 1.51. The van der Waals surface area contributed by atoms with Crippen molar-refractivity contribution < 1.29 is 14.3 Å². The van der Waals surface area contributed by atoms with Crippen LogP contribution in [0.3, 0.4) is 0 Å². The van der Waals surface area contributed by atoms with E-state index in [0.29, 0.717) is 46.6 Å². The molecule has 184 valence electrons. The Hall–Kier alpha value is -2.77. The highest BCUT2D eigenvalue weighted by atomic mass is 35.5. The van der Waals surface area contributed by atoms with Gasteiger partial charge in [-0.1, -0.05) is 36.2 Å². The second-order valence-electron chi connectivity index (χ2n) is 8.75. The molecule has 2 amide bonds. The Kier molecular flexibility index (Phi) is 10.0. The van der Waals surface area contributed by atoms with E-state index in [4.69, 9.17) is 22.1 Å². The number of carbonyl (C=O) groups is 2. The van der Waals surface area contributed by atoms with Gasteiger partial charge in [0.1, 0.15) is 5.75 Å². The van der Waals surface area contributed by atoms with Gasteiger partial charge in [-0.2, -0.15) is 0 Å². The van der Waals surface area contributed by atoms with Gasteiger partial charge in [0.05, 0.1) is 23.4 Å². The van der Waals surface area contributed by atoms with Crippen molar-refractivity contribution in [2.45, 2.75) is 32.1 Å². The Morgan fingerprint density at radius 2 is 1.79 bits per heavy atom. The van der Waals surface area contributed by atoms with Crippen LogP contribution in [0.15, 0.2) is 42.5 Å². The first kappa shape index (κ1) is 25.8. The number of rotatable bonds is 11. The van der Waals surface area contributed by atoms with Crippen LogP contribution in [0.4, 0.5) is 5.69 Å². The van der Waals surface area contributed by atoms with Gasteiger partial charge in [-0.15, -0.1) is 0 Å². The van der Waals surface area contributed by atoms with Crippen LogP contribution in [0, 0.1) is 5.92 Å². The predicted molar refractivity (Wildman–Crippen MR) is 137 cm³/mol. The fraction of sp³-hybridized carbons (Fsp3) is 0.462. The molecular weight excluding hydrogens is 452 g/mol. The fourth-order valence-corrected chi connectivity index (χ4v) is 4.36. The van der Waals surface area contributed by atoms with Crippen molar-refractivity contribution >= 4 is 29.1 Å². The van der Waals surface area contributed by atoms with E-state index in [1.165, 1.54) is 7.11 Å². The van der Waals surface area contributed by atoms with Crippen molar-refractivity contribution in [2.24, 2.45) is 5.92 Å². The lowest BCUT2D eigenvalue weighted by molar-refractivity contribution is 0.0929. The second-order valence-corrected chi connectivity index (χ2v) is 9.16. The molecule has 0 saturated carbocycles. The molecule has 0 unspecified atom stereocenters. The largest absolute Gasteiger partial charge is 0.496 e. The summed E-state index contributed by atoms with van der Waals surface area (Å²) in [5.41, 5.74) is 7.29. The van der Waals surface area contributed by atoms with Gasteiger partial charge in [0.15, 0.2) is 0 Å². The zero-order chi connectivity index (χ0) is 24.3. The highest BCUT2D eigenvalue weighted by Crippen LogP contribution is 2.29. The normalized spacial score (nSPS) is 14.5. The molecule has 0 aromatic heterocycles. The van der Waals surface area contributed by atoms with E-state index in [2.05, 4.69) is 15.5 Å². The molecule has 1 aliphatic heterocycles. The van der Waals surface area contributed by atoms with Crippen LogP contribution in [0.5, 0.6) is 5.75 Å². The molecule has 1 heterocycles. The molecule has 7 nitrogen and oxygen atoms in total. The molecule has 0 aliphatic carbocycles. The van der Waals surface area contributed by atoms with Crippen LogP contribution in [0.2, 0.25) is 5.02 Å². The lowest BCUT2D eigenvalue weighted by atomic mass is 9.96. The molecule has 8 heteroatoms. The van der Waals surface area contributed by atoms with Crippen LogP contribution in [0.25, 0.3) is 0 Å². The number of halogens is 1. The number of nitrogens with one attached hydrogen (secondary N) is 2. The molecule has 1 fully saturated rings. The number of nitrogens with zero attached hydrogens (tertiary/aromatic N) is 1. The first-order valence-electron chi connectivity index (χ1n) is 11.9. The summed E-state index contributed by atoms with van der Waals surface area (Å²) >= 11 is 6.08. The minimum absolute atomic E-state index is 0.00676.